The number of urea groups is 1. The third-order valence-corrected chi connectivity index (χ3v) is 4.08. The number of para-hydroxylation sites is 1. The fourth-order valence-corrected chi connectivity index (χ4v) is 3.17. The molecule has 0 aliphatic carbocycles. The molecule has 5 nitrogen and oxygen atoms in total. The largest absolute Gasteiger partial charge is 0.462 e. The Morgan fingerprint density at radius 1 is 1.35 bits per heavy atom. The van der Waals surface area contributed by atoms with E-state index in [-0.39, 0.29) is 24.1 Å². The van der Waals surface area contributed by atoms with Crippen LogP contribution in [-0.2, 0) is 9.53 Å². The summed E-state index contributed by atoms with van der Waals surface area (Å²) in [6.07, 6.45) is 1.28. The molecule has 1 aromatic carbocycles. The van der Waals surface area contributed by atoms with Gasteiger partial charge in [-0.2, -0.15) is 0 Å². The second-order valence-corrected chi connectivity index (χ2v) is 5.37. The lowest BCUT2D eigenvalue weighted by molar-refractivity contribution is -0.149. The highest BCUT2D eigenvalue weighted by Crippen LogP contribution is 2.41. The highest BCUT2D eigenvalue weighted by atomic mass is 16.5. The van der Waals surface area contributed by atoms with Crippen LogP contribution in [0.25, 0.3) is 0 Å². The second kappa shape index (κ2) is 4.81. The molecule has 3 rings (SSSR count). The molecule has 5 heteroatoms. The molecule has 0 radical (unpaired) electrons. The van der Waals surface area contributed by atoms with Gasteiger partial charge in [-0.25, -0.2) is 4.79 Å². The Balaban J connectivity index is 1.93. The Bertz CT molecular complexity index is 558. The molecule has 0 unspecified atom stereocenters. The van der Waals surface area contributed by atoms with Crippen LogP contribution >= 0.6 is 0 Å². The van der Waals surface area contributed by atoms with Crippen molar-refractivity contribution in [1.29, 1.82) is 0 Å². The quantitative estimate of drug-likeness (QED) is 0.738. The van der Waals surface area contributed by atoms with Crippen molar-refractivity contribution in [2.24, 2.45) is 0 Å². The molecule has 1 fully saturated rings. The number of fused-ring (bicyclic) bond motifs is 3. The molecular weight excluding hydrogens is 256 g/mol. The number of hydrogen-bond donors (Lipinski definition) is 0. The Hall–Kier alpha value is -2.04. The van der Waals surface area contributed by atoms with E-state index in [1.165, 1.54) is 6.92 Å². The SMILES string of the molecule is CC(=O)O[C@@H]1CCN2C(=O)N(C)c3ccccc3[C@@H]2C1. The third kappa shape index (κ3) is 2.03. The molecule has 0 N–H and O–H groups in total. The van der Waals surface area contributed by atoms with Gasteiger partial charge < -0.3 is 9.64 Å². The number of nitrogens with zero attached hydrogens (tertiary/aromatic N) is 2. The van der Waals surface area contributed by atoms with Crippen LogP contribution < -0.4 is 4.90 Å². The first-order chi connectivity index (χ1) is 9.58. The normalized spacial score (nSPS) is 25.0. The Morgan fingerprint density at radius 3 is 2.85 bits per heavy atom. The van der Waals surface area contributed by atoms with Crippen molar-refractivity contribution < 1.29 is 14.3 Å². The minimum atomic E-state index is -0.254. The Morgan fingerprint density at radius 2 is 2.10 bits per heavy atom. The first kappa shape index (κ1) is 13.0. The van der Waals surface area contributed by atoms with E-state index in [2.05, 4.69) is 0 Å². The number of amides is 2. The number of anilines is 1. The van der Waals surface area contributed by atoms with Crippen LogP contribution in [0, 0.1) is 0 Å². The van der Waals surface area contributed by atoms with Gasteiger partial charge >= 0.3 is 12.0 Å². The number of benzene rings is 1. The van der Waals surface area contributed by atoms with Crippen LogP contribution in [0.4, 0.5) is 10.5 Å². The van der Waals surface area contributed by atoms with E-state index in [1.54, 1.807) is 11.9 Å². The van der Waals surface area contributed by atoms with Crippen molar-refractivity contribution in [3.63, 3.8) is 0 Å². The number of carbonyl (C=O) groups is 2. The summed E-state index contributed by atoms with van der Waals surface area (Å²) in [5, 5.41) is 0. The van der Waals surface area contributed by atoms with Gasteiger partial charge in [-0.1, -0.05) is 18.2 Å². The highest BCUT2D eigenvalue weighted by molar-refractivity contribution is 5.95. The molecule has 1 saturated heterocycles. The van der Waals surface area contributed by atoms with Crippen molar-refractivity contribution in [2.45, 2.75) is 31.9 Å². The van der Waals surface area contributed by atoms with Crippen LogP contribution in [-0.4, -0.2) is 36.6 Å². The van der Waals surface area contributed by atoms with Gasteiger partial charge in [-0.05, 0) is 11.6 Å². The maximum atomic E-state index is 12.4. The van der Waals surface area contributed by atoms with E-state index in [0.717, 1.165) is 11.3 Å². The molecule has 2 aliphatic rings. The minimum absolute atomic E-state index is 0.00741. The topological polar surface area (TPSA) is 49.9 Å². The second-order valence-electron chi connectivity index (χ2n) is 5.37. The monoisotopic (exact) mass is 274 g/mol. The molecule has 0 saturated carbocycles. The molecule has 0 aromatic heterocycles. The van der Waals surface area contributed by atoms with E-state index in [9.17, 15) is 9.59 Å². The van der Waals surface area contributed by atoms with Gasteiger partial charge in [0.2, 0.25) is 0 Å². The predicted octanol–water partition coefficient (Wildman–Crippen LogP) is 2.33. The van der Waals surface area contributed by atoms with Crippen molar-refractivity contribution >= 4 is 17.7 Å². The lowest BCUT2D eigenvalue weighted by Crippen LogP contribution is -2.52. The smallest absolute Gasteiger partial charge is 0.324 e. The fraction of sp³-hybridized carbons (Fsp3) is 0.467. The van der Waals surface area contributed by atoms with Crippen molar-refractivity contribution in [3.8, 4) is 0 Å². The van der Waals surface area contributed by atoms with Crippen LogP contribution in [0.1, 0.15) is 31.4 Å². The van der Waals surface area contributed by atoms with E-state index in [1.807, 2.05) is 29.2 Å². The van der Waals surface area contributed by atoms with Gasteiger partial charge in [0, 0.05) is 33.4 Å². The first-order valence-corrected chi connectivity index (χ1v) is 6.88. The van der Waals surface area contributed by atoms with Gasteiger partial charge in [-0.15, -0.1) is 0 Å². The number of hydrogen-bond acceptors (Lipinski definition) is 3. The van der Waals surface area contributed by atoms with Crippen LogP contribution in [0.15, 0.2) is 24.3 Å². The van der Waals surface area contributed by atoms with Gasteiger partial charge in [0.1, 0.15) is 6.10 Å². The van der Waals surface area contributed by atoms with Crippen LogP contribution in [0.2, 0.25) is 0 Å². The summed E-state index contributed by atoms with van der Waals surface area (Å²) >= 11 is 0. The molecule has 1 aromatic rings. The molecule has 20 heavy (non-hydrogen) atoms. The molecule has 2 atom stereocenters. The van der Waals surface area contributed by atoms with Crippen LogP contribution in [0.3, 0.4) is 0 Å². The molecule has 2 amide bonds. The predicted molar refractivity (Wildman–Crippen MR) is 74.5 cm³/mol. The van der Waals surface area contributed by atoms with Gasteiger partial charge in [0.25, 0.3) is 0 Å². The Kier molecular flexibility index (Phi) is 3.12. The molecule has 106 valence electrons. The average Bonchev–Trinajstić information content (AvgIpc) is 2.44. The maximum absolute atomic E-state index is 12.4. The average molecular weight is 274 g/mol. The van der Waals surface area contributed by atoms with E-state index in [4.69, 9.17) is 4.74 Å². The number of carbonyl (C=O) groups excluding carboxylic acids is 2. The minimum Gasteiger partial charge on any atom is -0.462 e. The lowest BCUT2D eigenvalue weighted by atomic mass is 9.90. The summed E-state index contributed by atoms with van der Waals surface area (Å²) in [6.45, 7) is 2.06. The van der Waals surface area contributed by atoms with Gasteiger partial charge in [0.05, 0.1) is 11.7 Å². The summed E-state index contributed by atoms with van der Waals surface area (Å²) in [4.78, 5) is 27.1. The number of ether oxygens (including phenoxy) is 1. The van der Waals surface area contributed by atoms with E-state index in [0.29, 0.717) is 19.4 Å². The van der Waals surface area contributed by atoms with Crippen molar-refractivity contribution in [3.05, 3.63) is 29.8 Å². The van der Waals surface area contributed by atoms with Crippen molar-refractivity contribution in [1.82, 2.24) is 4.90 Å². The summed E-state index contributed by atoms with van der Waals surface area (Å²) in [5.41, 5.74) is 2.08. The lowest BCUT2D eigenvalue weighted by Gasteiger charge is -2.45. The third-order valence-electron chi connectivity index (χ3n) is 4.08. The van der Waals surface area contributed by atoms with E-state index >= 15 is 0 Å². The van der Waals surface area contributed by atoms with Crippen LogP contribution in [0.5, 0.6) is 0 Å². The molecule has 0 spiro atoms. The van der Waals surface area contributed by atoms with Crippen molar-refractivity contribution in [2.75, 3.05) is 18.5 Å². The maximum Gasteiger partial charge on any atom is 0.324 e. The van der Waals surface area contributed by atoms with Gasteiger partial charge in [-0.3, -0.25) is 9.69 Å². The Labute approximate surface area is 118 Å². The highest BCUT2D eigenvalue weighted by Gasteiger charge is 2.40. The van der Waals surface area contributed by atoms with E-state index < -0.39 is 0 Å². The summed E-state index contributed by atoms with van der Waals surface area (Å²) < 4.78 is 5.33. The molecule has 2 heterocycles. The standard InChI is InChI=1S/C15H18N2O3/c1-10(18)20-11-7-8-17-14(9-11)12-5-3-4-6-13(12)16(2)15(17)19/h3-6,11,14H,7-9H2,1-2H3/t11-,14+/m1/s1. The summed E-state index contributed by atoms with van der Waals surface area (Å²) in [6, 6.07) is 7.95. The summed E-state index contributed by atoms with van der Waals surface area (Å²) in [7, 11) is 1.80. The molecular formula is C15H18N2O3. The number of rotatable bonds is 1. The summed E-state index contributed by atoms with van der Waals surface area (Å²) in [5.74, 6) is -0.254. The molecule has 0 bridgehead atoms. The zero-order valence-electron chi connectivity index (χ0n) is 11.7. The fourth-order valence-electron chi connectivity index (χ4n) is 3.17. The number of piperidine rings is 1. The molecule has 2 aliphatic heterocycles. The van der Waals surface area contributed by atoms with Gasteiger partial charge in [0.15, 0.2) is 0 Å². The number of esters is 1. The zero-order valence-corrected chi connectivity index (χ0v) is 11.7. The zero-order chi connectivity index (χ0) is 14.3. The first-order valence-electron chi connectivity index (χ1n) is 6.88.